The summed E-state index contributed by atoms with van der Waals surface area (Å²) < 4.78 is 5.25. The summed E-state index contributed by atoms with van der Waals surface area (Å²) in [6, 6.07) is 3.34. The van der Waals surface area contributed by atoms with E-state index in [0.717, 1.165) is 0 Å². The van der Waals surface area contributed by atoms with Crippen LogP contribution in [-0.4, -0.2) is 53.1 Å². The van der Waals surface area contributed by atoms with Crippen molar-refractivity contribution in [1.29, 1.82) is 0 Å². The third-order valence-electron chi connectivity index (χ3n) is 3.00. The van der Waals surface area contributed by atoms with Crippen LogP contribution in [0.5, 0.6) is 0 Å². The van der Waals surface area contributed by atoms with Crippen LogP contribution in [0.25, 0.3) is 0 Å². The Bertz CT molecular complexity index is 577. The zero-order valence-electron chi connectivity index (χ0n) is 11.7. The molecule has 0 aliphatic carbocycles. The predicted octanol–water partition coefficient (Wildman–Crippen LogP) is 1.02. The number of nitrogens with zero attached hydrogens (tertiary/aromatic N) is 1. The van der Waals surface area contributed by atoms with Gasteiger partial charge >= 0.3 is 5.97 Å². The molecule has 0 unspecified atom stereocenters. The van der Waals surface area contributed by atoms with E-state index in [9.17, 15) is 14.4 Å². The van der Waals surface area contributed by atoms with Crippen molar-refractivity contribution >= 4 is 34.1 Å². The summed E-state index contributed by atoms with van der Waals surface area (Å²) in [4.78, 5) is 35.7. The van der Waals surface area contributed by atoms with Gasteiger partial charge in [-0.3, -0.25) is 9.59 Å². The molecule has 0 radical (unpaired) electrons. The Labute approximate surface area is 125 Å². The molecular formula is C13H16N2O5S. The number of likely N-dealkylation sites (tertiary alicyclic amines) is 1. The van der Waals surface area contributed by atoms with Crippen molar-refractivity contribution in [1.82, 2.24) is 4.90 Å². The lowest BCUT2D eigenvalue weighted by molar-refractivity contribution is -0.159. The molecule has 8 heteroatoms. The van der Waals surface area contributed by atoms with Gasteiger partial charge < -0.3 is 20.1 Å². The first-order chi connectivity index (χ1) is 9.79. The van der Waals surface area contributed by atoms with Crippen LogP contribution in [0.2, 0.25) is 0 Å². The first-order valence-corrected chi connectivity index (χ1v) is 7.13. The molecule has 2 amide bonds. The number of carboxylic acid groups (broad SMARTS) is 1. The zero-order chi connectivity index (χ0) is 15.6. The molecule has 1 fully saturated rings. The number of hydrogen-bond acceptors (Lipinski definition) is 5. The van der Waals surface area contributed by atoms with Crippen molar-refractivity contribution in [2.24, 2.45) is 0 Å². The summed E-state index contributed by atoms with van der Waals surface area (Å²) in [5, 5.41) is 11.8. The molecule has 1 saturated heterocycles. The highest BCUT2D eigenvalue weighted by Gasteiger charge is 2.43. The van der Waals surface area contributed by atoms with Gasteiger partial charge in [-0.2, -0.15) is 0 Å². The van der Waals surface area contributed by atoms with E-state index in [1.54, 1.807) is 24.0 Å². The second kappa shape index (κ2) is 5.82. The molecule has 1 aromatic heterocycles. The fourth-order valence-corrected chi connectivity index (χ4v) is 3.00. The minimum absolute atomic E-state index is 0.145. The molecule has 7 nitrogen and oxygen atoms in total. The molecular weight excluding hydrogens is 296 g/mol. The van der Waals surface area contributed by atoms with Gasteiger partial charge in [0.2, 0.25) is 5.91 Å². The first kappa shape index (κ1) is 15.5. The summed E-state index contributed by atoms with van der Waals surface area (Å²) in [6.07, 6.45) is 0. The quantitative estimate of drug-likeness (QED) is 0.846. The lowest BCUT2D eigenvalue weighted by atomic mass is 9.96. The van der Waals surface area contributed by atoms with Crippen LogP contribution >= 0.6 is 11.3 Å². The van der Waals surface area contributed by atoms with Crippen molar-refractivity contribution in [3.05, 3.63) is 17.0 Å². The van der Waals surface area contributed by atoms with Crippen LogP contribution in [0.4, 0.5) is 5.00 Å². The van der Waals surface area contributed by atoms with E-state index in [-0.39, 0.29) is 18.4 Å². The van der Waals surface area contributed by atoms with Crippen LogP contribution < -0.4 is 5.32 Å². The minimum Gasteiger partial charge on any atom is -0.480 e. The Morgan fingerprint density at radius 3 is 2.67 bits per heavy atom. The van der Waals surface area contributed by atoms with Crippen LogP contribution in [0.1, 0.15) is 23.5 Å². The van der Waals surface area contributed by atoms with Crippen LogP contribution in [0.15, 0.2) is 12.1 Å². The monoisotopic (exact) mass is 312 g/mol. The third-order valence-corrected chi connectivity index (χ3v) is 3.99. The normalized spacial score (nSPS) is 16.2. The predicted molar refractivity (Wildman–Crippen MR) is 76.5 cm³/mol. The van der Waals surface area contributed by atoms with Crippen molar-refractivity contribution in [2.45, 2.75) is 19.4 Å². The minimum atomic E-state index is -1.03. The Morgan fingerprint density at radius 2 is 2.10 bits per heavy atom. The van der Waals surface area contributed by atoms with E-state index in [4.69, 9.17) is 9.84 Å². The molecule has 1 aliphatic heterocycles. The van der Waals surface area contributed by atoms with Gasteiger partial charge in [-0.1, -0.05) is 0 Å². The topological polar surface area (TPSA) is 95.9 Å². The molecule has 0 bridgehead atoms. The van der Waals surface area contributed by atoms with Crippen molar-refractivity contribution in [2.75, 3.05) is 25.0 Å². The fourth-order valence-electron chi connectivity index (χ4n) is 2.08. The maximum Gasteiger partial charge on any atom is 0.329 e. The van der Waals surface area contributed by atoms with Gasteiger partial charge in [-0.05, 0) is 19.1 Å². The molecule has 0 saturated carbocycles. The number of thiophene rings is 1. The number of amides is 2. The van der Waals surface area contributed by atoms with Crippen LogP contribution in [0.3, 0.4) is 0 Å². The number of carboxylic acids is 1. The fraction of sp³-hybridized carbons (Fsp3) is 0.462. The largest absolute Gasteiger partial charge is 0.480 e. The van der Waals surface area contributed by atoms with E-state index in [1.165, 1.54) is 18.3 Å². The standard InChI is InChI=1S/C13H16N2O5S/c1-8(16)14-10-4-3-9(21-10)12(19)15-6-13(2,7-15)20-5-11(17)18/h3-4H,5-7H2,1-2H3,(H,14,16)(H,17,18). The number of rotatable bonds is 5. The third kappa shape index (κ3) is 3.79. The van der Waals surface area contributed by atoms with E-state index in [1.807, 2.05) is 0 Å². The van der Waals surface area contributed by atoms with Gasteiger partial charge in [0, 0.05) is 6.92 Å². The number of nitrogens with one attached hydrogen (secondary N) is 1. The number of hydrogen-bond donors (Lipinski definition) is 2. The Balaban J connectivity index is 1.89. The summed E-state index contributed by atoms with van der Waals surface area (Å²) >= 11 is 1.21. The Kier molecular flexibility index (Phi) is 4.29. The number of ether oxygens (including phenoxy) is 1. The van der Waals surface area contributed by atoms with E-state index < -0.39 is 11.6 Å². The van der Waals surface area contributed by atoms with Crippen molar-refractivity contribution in [3.63, 3.8) is 0 Å². The average molecular weight is 312 g/mol. The van der Waals surface area contributed by atoms with Gasteiger partial charge in [-0.15, -0.1) is 11.3 Å². The molecule has 0 atom stereocenters. The molecule has 0 spiro atoms. The lowest BCUT2D eigenvalue weighted by Crippen LogP contribution is -2.63. The summed E-state index contributed by atoms with van der Waals surface area (Å²) in [7, 11) is 0. The van der Waals surface area contributed by atoms with Gasteiger partial charge in [0.15, 0.2) is 0 Å². The maximum absolute atomic E-state index is 12.2. The van der Waals surface area contributed by atoms with E-state index >= 15 is 0 Å². The molecule has 2 heterocycles. The highest BCUT2D eigenvalue weighted by atomic mass is 32.1. The van der Waals surface area contributed by atoms with Crippen molar-refractivity contribution in [3.8, 4) is 0 Å². The molecule has 21 heavy (non-hydrogen) atoms. The molecule has 2 rings (SSSR count). The number of aliphatic carboxylic acids is 1. The Hall–Kier alpha value is -1.93. The number of anilines is 1. The van der Waals surface area contributed by atoms with Gasteiger partial charge in [-0.25, -0.2) is 4.79 Å². The summed E-state index contributed by atoms with van der Waals surface area (Å²) in [5.41, 5.74) is -0.605. The first-order valence-electron chi connectivity index (χ1n) is 6.31. The summed E-state index contributed by atoms with van der Waals surface area (Å²) in [5.74, 6) is -1.36. The Morgan fingerprint density at radius 1 is 1.43 bits per heavy atom. The van der Waals surface area contributed by atoms with Crippen LogP contribution in [-0.2, 0) is 14.3 Å². The molecule has 2 N–H and O–H groups in total. The number of carbonyl (C=O) groups is 3. The summed E-state index contributed by atoms with van der Waals surface area (Å²) in [6.45, 7) is 3.52. The van der Waals surface area contributed by atoms with Crippen molar-refractivity contribution < 1.29 is 24.2 Å². The molecule has 1 aromatic rings. The lowest BCUT2D eigenvalue weighted by Gasteiger charge is -2.47. The van der Waals surface area contributed by atoms with Gasteiger partial charge in [0.05, 0.1) is 23.0 Å². The van der Waals surface area contributed by atoms with Gasteiger partial charge in [0.1, 0.15) is 12.2 Å². The average Bonchev–Trinajstić information content (AvgIpc) is 2.79. The second-order valence-electron chi connectivity index (χ2n) is 5.14. The smallest absolute Gasteiger partial charge is 0.329 e. The number of carbonyl (C=O) groups excluding carboxylic acids is 2. The maximum atomic E-state index is 12.2. The van der Waals surface area contributed by atoms with Crippen LogP contribution in [0, 0.1) is 0 Å². The zero-order valence-corrected chi connectivity index (χ0v) is 12.5. The van der Waals surface area contributed by atoms with Gasteiger partial charge in [0.25, 0.3) is 5.91 Å². The second-order valence-corrected chi connectivity index (χ2v) is 6.22. The van der Waals surface area contributed by atoms with E-state index in [0.29, 0.717) is 23.0 Å². The molecule has 114 valence electrons. The molecule has 1 aliphatic rings. The highest BCUT2D eigenvalue weighted by molar-refractivity contribution is 7.18. The SMILES string of the molecule is CC(=O)Nc1ccc(C(=O)N2CC(C)(OCC(=O)O)C2)s1. The molecule has 0 aromatic carbocycles. The van der Waals surface area contributed by atoms with E-state index in [2.05, 4.69) is 5.32 Å². The highest BCUT2D eigenvalue weighted by Crippen LogP contribution is 2.29.